The Hall–Kier alpha value is -1.10. The van der Waals surface area contributed by atoms with Crippen molar-refractivity contribution in [2.45, 2.75) is 19.9 Å². The van der Waals surface area contributed by atoms with E-state index >= 15 is 0 Å². The zero-order chi connectivity index (χ0) is 8.10. The Morgan fingerprint density at radius 2 is 2.36 bits per heavy atom. The quantitative estimate of drug-likeness (QED) is 0.607. The van der Waals surface area contributed by atoms with Crippen LogP contribution < -0.4 is 11.1 Å². The Morgan fingerprint density at radius 1 is 1.55 bits per heavy atom. The molecule has 1 aromatic rings. The molecule has 1 heterocycles. The summed E-state index contributed by atoms with van der Waals surface area (Å²) in [5, 5.41) is 10.3. The third kappa shape index (κ3) is 2.55. The highest BCUT2D eigenvalue weighted by molar-refractivity contribution is 5.04. The van der Waals surface area contributed by atoms with Crippen LogP contribution in [0.2, 0.25) is 0 Å². The summed E-state index contributed by atoms with van der Waals surface area (Å²) < 4.78 is 4.92. The van der Waals surface area contributed by atoms with Crippen LogP contribution >= 0.6 is 0 Å². The highest BCUT2D eigenvalue weighted by Crippen LogP contribution is 1.98. The van der Waals surface area contributed by atoms with Crippen LogP contribution in [0.4, 0.5) is 6.01 Å². The van der Waals surface area contributed by atoms with Crippen LogP contribution in [0.15, 0.2) is 4.42 Å². The number of anilines is 1. The van der Waals surface area contributed by atoms with E-state index in [2.05, 4.69) is 22.4 Å². The summed E-state index contributed by atoms with van der Waals surface area (Å²) in [7, 11) is 0. The molecule has 0 spiro atoms. The van der Waals surface area contributed by atoms with Crippen LogP contribution in [0.1, 0.15) is 19.2 Å². The lowest BCUT2D eigenvalue weighted by Crippen LogP contribution is -2.13. The summed E-state index contributed by atoms with van der Waals surface area (Å²) >= 11 is 0. The zero-order valence-electron chi connectivity index (χ0n) is 6.50. The van der Waals surface area contributed by atoms with E-state index in [1.54, 1.807) is 0 Å². The van der Waals surface area contributed by atoms with Crippen molar-refractivity contribution in [3.05, 3.63) is 5.89 Å². The normalized spacial score (nSPS) is 10.3. The molecule has 0 saturated carbocycles. The molecule has 0 aromatic carbocycles. The van der Waals surface area contributed by atoms with Crippen LogP contribution in [-0.4, -0.2) is 16.7 Å². The lowest BCUT2D eigenvalue weighted by Gasteiger charge is -1.95. The standard InChI is InChI=1S/C6H12N4O/c1-2-3-8-4-5-9-10-6(7)11-5/h8H,2-4H2,1H3,(H2,7,10). The second kappa shape index (κ2) is 3.92. The summed E-state index contributed by atoms with van der Waals surface area (Å²) in [4.78, 5) is 0. The average molecular weight is 156 g/mol. The Balaban J connectivity index is 2.27. The fourth-order valence-electron chi connectivity index (χ4n) is 0.710. The van der Waals surface area contributed by atoms with Crippen molar-refractivity contribution >= 4 is 6.01 Å². The number of hydrogen-bond acceptors (Lipinski definition) is 5. The highest BCUT2D eigenvalue weighted by Gasteiger charge is 1.99. The van der Waals surface area contributed by atoms with E-state index in [4.69, 9.17) is 10.2 Å². The number of hydrogen-bond donors (Lipinski definition) is 2. The third-order valence-corrected chi connectivity index (χ3v) is 1.19. The molecule has 11 heavy (non-hydrogen) atoms. The summed E-state index contributed by atoms with van der Waals surface area (Å²) in [5.74, 6) is 0.538. The average Bonchev–Trinajstić information content (AvgIpc) is 2.37. The van der Waals surface area contributed by atoms with Gasteiger partial charge in [-0.05, 0) is 13.0 Å². The van der Waals surface area contributed by atoms with Gasteiger partial charge < -0.3 is 15.5 Å². The third-order valence-electron chi connectivity index (χ3n) is 1.19. The van der Waals surface area contributed by atoms with Gasteiger partial charge in [0.15, 0.2) is 0 Å². The molecule has 0 aliphatic rings. The maximum absolute atomic E-state index is 5.21. The van der Waals surface area contributed by atoms with Gasteiger partial charge in [-0.2, -0.15) is 0 Å². The topological polar surface area (TPSA) is 77.0 Å². The Bertz CT molecular complexity index is 210. The van der Waals surface area contributed by atoms with Gasteiger partial charge in [-0.1, -0.05) is 12.0 Å². The predicted molar refractivity (Wildman–Crippen MR) is 40.7 cm³/mol. The van der Waals surface area contributed by atoms with Crippen LogP contribution in [-0.2, 0) is 6.54 Å². The first-order valence-corrected chi connectivity index (χ1v) is 3.61. The first-order valence-electron chi connectivity index (χ1n) is 3.61. The van der Waals surface area contributed by atoms with E-state index < -0.39 is 0 Å². The minimum Gasteiger partial charge on any atom is -0.407 e. The van der Waals surface area contributed by atoms with Gasteiger partial charge in [0, 0.05) is 0 Å². The van der Waals surface area contributed by atoms with Crippen molar-refractivity contribution in [1.82, 2.24) is 15.5 Å². The summed E-state index contributed by atoms with van der Waals surface area (Å²) in [6.45, 7) is 3.63. The van der Waals surface area contributed by atoms with Gasteiger partial charge in [0.2, 0.25) is 5.89 Å². The monoisotopic (exact) mass is 156 g/mol. The van der Waals surface area contributed by atoms with Crippen molar-refractivity contribution in [3.8, 4) is 0 Å². The smallest absolute Gasteiger partial charge is 0.312 e. The molecule has 0 aliphatic carbocycles. The minimum absolute atomic E-state index is 0.123. The lowest BCUT2D eigenvalue weighted by atomic mass is 10.5. The number of rotatable bonds is 4. The van der Waals surface area contributed by atoms with Crippen LogP contribution in [0.5, 0.6) is 0 Å². The Morgan fingerprint density at radius 3 is 2.91 bits per heavy atom. The van der Waals surface area contributed by atoms with E-state index in [1.807, 2.05) is 0 Å². The molecule has 0 atom stereocenters. The van der Waals surface area contributed by atoms with E-state index in [-0.39, 0.29) is 6.01 Å². The molecule has 3 N–H and O–H groups in total. The molecule has 0 bridgehead atoms. The number of nitrogen functional groups attached to an aromatic ring is 1. The number of nitrogens with two attached hydrogens (primary N) is 1. The molecule has 0 fully saturated rings. The largest absolute Gasteiger partial charge is 0.407 e. The molecule has 0 unspecified atom stereocenters. The van der Waals surface area contributed by atoms with Crippen LogP contribution in [0.3, 0.4) is 0 Å². The van der Waals surface area contributed by atoms with Crippen molar-refractivity contribution in [2.75, 3.05) is 12.3 Å². The molecule has 5 nitrogen and oxygen atoms in total. The molecule has 0 aliphatic heterocycles. The molecule has 0 amide bonds. The maximum atomic E-state index is 5.21. The predicted octanol–water partition coefficient (Wildman–Crippen LogP) is 0.151. The van der Waals surface area contributed by atoms with E-state index in [1.165, 1.54) is 0 Å². The van der Waals surface area contributed by atoms with Crippen molar-refractivity contribution < 1.29 is 4.42 Å². The van der Waals surface area contributed by atoms with Gasteiger partial charge in [-0.15, -0.1) is 5.10 Å². The first-order chi connectivity index (χ1) is 5.33. The first kappa shape index (κ1) is 8.00. The summed E-state index contributed by atoms with van der Waals surface area (Å²) in [5.41, 5.74) is 5.21. The minimum atomic E-state index is 0.123. The second-order valence-electron chi connectivity index (χ2n) is 2.21. The fourth-order valence-corrected chi connectivity index (χ4v) is 0.710. The van der Waals surface area contributed by atoms with E-state index in [0.717, 1.165) is 13.0 Å². The number of nitrogens with one attached hydrogen (secondary N) is 1. The molecule has 1 rings (SSSR count). The van der Waals surface area contributed by atoms with E-state index in [0.29, 0.717) is 12.4 Å². The summed E-state index contributed by atoms with van der Waals surface area (Å²) in [6, 6.07) is 0.123. The van der Waals surface area contributed by atoms with Crippen molar-refractivity contribution in [1.29, 1.82) is 0 Å². The highest BCUT2D eigenvalue weighted by atomic mass is 16.4. The molecule has 0 saturated heterocycles. The Kier molecular flexibility index (Phi) is 2.85. The van der Waals surface area contributed by atoms with Crippen LogP contribution in [0.25, 0.3) is 0 Å². The van der Waals surface area contributed by atoms with E-state index in [9.17, 15) is 0 Å². The number of aromatic nitrogens is 2. The van der Waals surface area contributed by atoms with Crippen molar-refractivity contribution in [3.63, 3.8) is 0 Å². The van der Waals surface area contributed by atoms with Gasteiger partial charge in [0.25, 0.3) is 0 Å². The SMILES string of the molecule is CCCNCc1nnc(N)o1. The lowest BCUT2D eigenvalue weighted by molar-refractivity contribution is 0.481. The molecule has 1 aromatic heterocycles. The number of nitrogens with zero attached hydrogens (tertiary/aromatic N) is 2. The van der Waals surface area contributed by atoms with Gasteiger partial charge in [0.05, 0.1) is 6.54 Å². The van der Waals surface area contributed by atoms with Gasteiger partial charge in [0.1, 0.15) is 0 Å². The maximum Gasteiger partial charge on any atom is 0.312 e. The van der Waals surface area contributed by atoms with Crippen molar-refractivity contribution in [2.24, 2.45) is 0 Å². The molecular formula is C6H12N4O. The Labute approximate surface area is 65.0 Å². The molecule has 5 heteroatoms. The molecular weight excluding hydrogens is 144 g/mol. The fraction of sp³-hybridized carbons (Fsp3) is 0.667. The van der Waals surface area contributed by atoms with Gasteiger partial charge in [-0.3, -0.25) is 0 Å². The van der Waals surface area contributed by atoms with Gasteiger partial charge >= 0.3 is 6.01 Å². The summed E-state index contributed by atoms with van der Waals surface area (Å²) in [6.07, 6.45) is 1.09. The van der Waals surface area contributed by atoms with Crippen LogP contribution in [0, 0.1) is 0 Å². The van der Waals surface area contributed by atoms with Gasteiger partial charge in [-0.25, -0.2) is 0 Å². The molecule has 62 valence electrons. The molecule has 0 radical (unpaired) electrons. The zero-order valence-corrected chi connectivity index (χ0v) is 6.50. The second-order valence-corrected chi connectivity index (χ2v) is 2.21.